The minimum Gasteiger partial charge on any atom is -0.453 e. The SMILES string of the molecule is COC(=O)NC(=S)N1CCC(N(C)C)CC1. The fourth-order valence-corrected chi connectivity index (χ4v) is 2.07. The summed E-state index contributed by atoms with van der Waals surface area (Å²) >= 11 is 5.12. The molecule has 1 rings (SSSR count). The number of thiocarbonyl (C=S) groups is 1. The van der Waals surface area contributed by atoms with Crippen LogP contribution in [0.5, 0.6) is 0 Å². The number of likely N-dealkylation sites (tertiary alicyclic amines) is 1. The van der Waals surface area contributed by atoms with Gasteiger partial charge in [0, 0.05) is 19.1 Å². The Kier molecular flexibility index (Phi) is 4.95. The summed E-state index contributed by atoms with van der Waals surface area (Å²) in [5, 5.41) is 2.99. The molecule has 1 N–H and O–H groups in total. The molecule has 1 amide bonds. The van der Waals surface area contributed by atoms with Gasteiger partial charge in [0.1, 0.15) is 0 Å². The first-order chi connectivity index (χ1) is 7.54. The van der Waals surface area contributed by atoms with Crippen molar-refractivity contribution in [1.82, 2.24) is 15.1 Å². The van der Waals surface area contributed by atoms with Crippen molar-refractivity contribution in [2.75, 3.05) is 34.3 Å². The standard InChI is InChI=1S/C10H19N3O2S/c1-12(2)8-4-6-13(7-5-8)9(16)11-10(14)15-3/h8H,4-7H2,1-3H3,(H,11,14,16). The van der Waals surface area contributed by atoms with Gasteiger partial charge in [0.25, 0.3) is 0 Å². The van der Waals surface area contributed by atoms with E-state index in [-0.39, 0.29) is 0 Å². The van der Waals surface area contributed by atoms with Crippen molar-refractivity contribution in [3.05, 3.63) is 0 Å². The number of alkyl carbamates (subject to hydrolysis) is 1. The number of amides is 1. The zero-order valence-electron chi connectivity index (χ0n) is 10.0. The lowest BCUT2D eigenvalue weighted by Crippen LogP contribution is -2.49. The van der Waals surface area contributed by atoms with Crippen LogP contribution >= 0.6 is 12.2 Å². The average molecular weight is 245 g/mol. The molecule has 1 saturated heterocycles. The predicted octanol–water partition coefficient (Wildman–Crippen LogP) is 0.653. The van der Waals surface area contributed by atoms with Crippen molar-refractivity contribution < 1.29 is 9.53 Å². The molecule has 0 saturated carbocycles. The van der Waals surface area contributed by atoms with Gasteiger partial charge in [-0.15, -0.1) is 0 Å². The molecule has 0 atom stereocenters. The Balaban J connectivity index is 2.36. The molecule has 0 unspecified atom stereocenters. The number of hydrogen-bond donors (Lipinski definition) is 1. The molecule has 16 heavy (non-hydrogen) atoms. The molecule has 6 heteroatoms. The largest absolute Gasteiger partial charge is 0.453 e. The number of hydrogen-bond acceptors (Lipinski definition) is 4. The topological polar surface area (TPSA) is 44.8 Å². The van der Waals surface area contributed by atoms with Gasteiger partial charge in [0.05, 0.1) is 7.11 Å². The van der Waals surface area contributed by atoms with E-state index in [1.54, 1.807) is 0 Å². The van der Waals surface area contributed by atoms with E-state index in [2.05, 4.69) is 29.0 Å². The van der Waals surface area contributed by atoms with E-state index >= 15 is 0 Å². The van der Waals surface area contributed by atoms with Crippen LogP contribution < -0.4 is 5.32 Å². The highest BCUT2D eigenvalue weighted by atomic mass is 32.1. The third-order valence-electron chi connectivity index (χ3n) is 2.88. The second-order valence-corrected chi connectivity index (χ2v) is 4.49. The molecule has 0 bridgehead atoms. The van der Waals surface area contributed by atoms with Crippen LogP contribution in [0.4, 0.5) is 4.79 Å². The Hall–Kier alpha value is -0.880. The predicted molar refractivity (Wildman–Crippen MR) is 66.4 cm³/mol. The third-order valence-corrected chi connectivity index (χ3v) is 3.24. The van der Waals surface area contributed by atoms with Crippen LogP contribution in [0, 0.1) is 0 Å². The molecule has 5 nitrogen and oxygen atoms in total. The molecule has 0 aliphatic carbocycles. The minimum absolute atomic E-state index is 0.462. The van der Waals surface area contributed by atoms with Crippen molar-refractivity contribution in [2.45, 2.75) is 18.9 Å². The lowest BCUT2D eigenvalue weighted by Gasteiger charge is -2.36. The van der Waals surface area contributed by atoms with Gasteiger partial charge in [-0.3, -0.25) is 5.32 Å². The first-order valence-corrected chi connectivity index (χ1v) is 5.75. The number of nitrogens with one attached hydrogen (secondary N) is 1. The van der Waals surface area contributed by atoms with Crippen molar-refractivity contribution in [3.8, 4) is 0 Å². The second kappa shape index (κ2) is 6.00. The normalized spacial score (nSPS) is 17.4. The van der Waals surface area contributed by atoms with Crippen LogP contribution in [0.25, 0.3) is 0 Å². The molecule has 0 aromatic heterocycles. The van der Waals surface area contributed by atoms with Crippen LogP contribution in [-0.2, 0) is 4.74 Å². The van der Waals surface area contributed by atoms with Crippen molar-refractivity contribution >= 4 is 23.4 Å². The van der Waals surface area contributed by atoms with E-state index in [0.717, 1.165) is 25.9 Å². The van der Waals surface area contributed by atoms with Crippen LogP contribution in [0.15, 0.2) is 0 Å². The number of carbonyl (C=O) groups is 1. The van der Waals surface area contributed by atoms with Crippen LogP contribution in [0.1, 0.15) is 12.8 Å². The van der Waals surface area contributed by atoms with Gasteiger partial charge >= 0.3 is 6.09 Å². The van der Waals surface area contributed by atoms with Crippen LogP contribution in [0.2, 0.25) is 0 Å². The summed E-state index contributed by atoms with van der Waals surface area (Å²) in [7, 11) is 5.51. The molecule has 1 heterocycles. The van der Waals surface area contributed by atoms with Gasteiger partial charge < -0.3 is 14.5 Å². The van der Waals surface area contributed by atoms with Crippen molar-refractivity contribution in [2.24, 2.45) is 0 Å². The summed E-state index contributed by atoms with van der Waals surface area (Å²) < 4.78 is 4.50. The molecule has 1 aliphatic heterocycles. The maximum Gasteiger partial charge on any atom is 0.413 e. The summed E-state index contributed by atoms with van der Waals surface area (Å²) in [6.07, 6.45) is 1.63. The highest BCUT2D eigenvalue weighted by Crippen LogP contribution is 2.14. The van der Waals surface area contributed by atoms with Gasteiger partial charge in [0.2, 0.25) is 0 Å². The molecule has 1 fully saturated rings. The molecule has 0 radical (unpaired) electrons. The van der Waals surface area contributed by atoms with Gasteiger partial charge in [-0.05, 0) is 39.2 Å². The van der Waals surface area contributed by atoms with Crippen molar-refractivity contribution in [3.63, 3.8) is 0 Å². The molecule has 0 spiro atoms. The number of ether oxygens (including phenoxy) is 1. The summed E-state index contributed by atoms with van der Waals surface area (Å²) in [5.74, 6) is 0. The zero-order chi connectivity index (χ0) is 12.1. The maximum absolute atomic E-state index is 11.0. The van der Waals surface area contributed by atoms with E-state index in [4.69, 9.17) is 12.2 Å². The van der Waals surface area contributed by atoms with Gasteiger partial charge in [-0.2, -0.15) is 0 Å². The monoisotopic (exact) mass is 245 g/mol. The second-order valence-electron chi connectivity index (χ2n) is 4.10. The van der Waals surface area contributed by atoms with E-state index in [0.29, 0.717) is 11.2 Å². The molecule has 92 valence electrons. The first kappa shape index (κ1) is 13.2. The van der Waals surface area contributed by atoms with Gasteiger partial charge in [-0.1, -0.05) is 0 Å². The number of carbonyl (C=O) groups excluding carboxylic acids is 1. The maximum atomic E-state index is 11.0. The minimum atomic E-state index is -0.500. The van der Waals surface area contributed by atoms with Crippen LogP contribution in [-0.4, -0.2) is 61.3 Å². The Morgan fingerprint density at radius 3 is 2.44 bits per heavy atom. The quantitative estimate of drug-likeness (QED) is 0.687. The fraction of sp³-hybridized carbons (Fsp3) is 0.800. The van der Waals surface area contributed by atoms with E-state index in [1.165, 1.54) is 7.11 Å². The Morgan fingerprint density at radius 2 is 2.00 bits per heavy atom. The Labute approximate surface area is 102 Å². The van der Waals surface area contributed by atoms with E-state index < -0.39 is 6.09 Å². The molecular formula is C10H19N3O2S. The highest BCUT2D eigenvalue weighted by molar-refractivity contribution is 7.80. The number of nitrogens with zero attached hydrogens (tertiary/aromatic N) is 2. The molecule has 0 aromatic carbocycles. The van der Waals surface area contributed by atoms with Crippen molar-refractivity contribution in [1.29, 1.82) is 0 Å². The highest BCUT2D eigenvalue weighted by Gasteiger charge is 2.22. The average Bonchev–Trinajstić information content (AvgIpc) is 2.28. The summed E-state index contributed by atoms with van der Waals surface area (Å²) in [6.45, 7) is 1.76. The number of methoxy groups -OCH3 is 1. The van der Waals surface area contributed by atoms with Gasteiger partial charge in [0.15, 0.2) is 5.11 Å². The zero-order valence-corrected chi connectivity index (χ0v) is 10.8. The summed E-state index contributed by atoms with van der Waals surface area (Å²) in [4.78, 5) is 15.2. The summed E-state index contributed by atoms with van der Waals surface area (Å²) in [5.41, 5.74) is 0. The Morgan fingerprint density at radius 1 is 1.44 bits per heavy atom. The summed E-state index contributed by atoms with van der Waals surface area (Å²) in [6, 6.07) is 0.608. The third kappa shape index (κ3) is 3.61. The Bertz CT molecular complexity index is 263. The molecular weight excluding hydrogens is 226 g/mol. The number of piperidine rings is 1. The lowest BCUT2D eigenvalue weighted by molar-refractivity contribution is 0.171. The number of rotatable bonds is 1. The lowest BCUT2D eigenvalue weighted by atomic mass is 10.0. The van der Waals surface area contributed by atoms with E-state index in [9.17, 15) is 4.79 Å². The fourth-order valence-electron chi connectivity index (χ4n) is 1.80. The van der Waals surface area contributed by atoms with Crippen LogP contribution in [0.3, 0.4) is 0 Å². The first-order valence-electron chi connectivity index (χ1n) is 5.35. The van der Waals surface area contributed by atoms with E-state index in [1.807, 2.05) is 4.90 Å². The molecule has 0 aromatic rings. The smallest absolute Gasteiger partial charge is 0.413 e. The van der Waals surface area contributed by atoms with Gasteiger partial charge in [-0.25, -0.2) is 4.79 Å². The molecule has 1 aliphatic rings.